The summed E-state index contributed by atoms with van der Waals surface area (Å²) >= 11 is 0. The van der Waals surface area contributed by atoms with Crippen LogP contribution in [0.4, 0.5) is 0 Å². The summed E-state index contributed by atoms with van der Waals surface area (Å²) < 4.78 is 5.12. The first-order valence-electron chi connectivity index (χ1n) is 4.36. The van der Waals surface area contributed by atoms with Crippen molar-refractivity contribution in [2.24, 2.45) is 5.92 Å². The summed E-state index contributed by atoms with van der Waals surface area (Å²) in [5, 5.41) is 0. The quantitative estimate of drug-likeness (QED) is 0.478. The Hall–Kier alpha value is -0.790. The SMILES string of the molecule is C/C=C\CC(OC(C)=O)C(C)C. The van der Waals surface area contributed by atoms with Crippen molar-refractivity contribution in [2.45, 2.75) is 40.2 Å². The van der Waals surface area contributed by atoms with Crippen molar-refractivity contribution < 1.29 is 9.53 Å². The Morgan fingerprint density at radius 3 is 2.42 bits per heavy atom. The zero-order chi connectivity index (χ0) is 9.56. The van der Waals surface area contributed by atoms with Crippen LogP contribution in [0.25, 0.3) is 0 Å². The highest BCUT2D eigenvalue weighted by Crippen LogP contribution is 2.11. The number of rotatable bonds is 4. The second-order valence-corrected chi connectivity index (χ2v) is 3.20. The van der Waals surface area contributed by atoms with Crippen LogP contribution in [-0.4, -0.2) is 12.1 Å². The molecule has 0 aliphatic carbocycles. The van der Waals surface area contributed by atoms with Gasteiger partial charge in [-0.2, -0.15) is 0 Å². The Balaban J connectivity index is 3.95. The maximum absolute atomic E-state index is 10.7. The van der Waals surface area contributed by atoms with Gasteiger partial charge < -0.3 is 4.74 Å². The molecule has 2 heteroatoms. The largest absolute Gasteiger partial charge is 0.462 e. The van der Waals surface area contributed by atoms with E-state index in [9.17, 15) is 4.79 Å². The summed E-state index contributed by atoms with van der Waals surface area (Å²) in [6.07, 6.45) is 4.83. The van der Waals surface area contributed by atoms with Gasteiger partial charge in [0.05, 0.1) is 0 Å². The Morgan fingerprint density at radius 2 is 2.08 bits per heavy atom. The Morgan fingerprint density at radius 1 is 1.50 bits per heavy atom. The van der Waals surface area contributed by atoms with Crippen LogP contribution in [0.2, 0.25) is 0 Å². The minimum atomic E-state index is -0.196. The average molecular weight is 170 g/mol. The van der Waals surface area contributed by atoms with Crippen LogP contribution < -0.4 is 0 Å². The van der Waals surface area contributed by atoms with Crippen LogP contribution >= 0.6 is 0 Å². The van der Waals surface area contributed by atoms with Gasteiger partial charge in [0.25, 0.3) is 0 Å². The molecule has 1 unspecified atom stereocenters. The molecule has 0 heterocycles. The van der Waals surface area contributed by atoms with E-state index in [2.05, 4.69) is 13.8 Å². The van der Waals surface area contributed by atoms with Gasteiger partial charge in [0.2, 0.25) is 0 Å². The van der Waals surface area contributed by atoms with E-state index < -0.39 is 0 Å². The lowest BCUT2D eigenvalue weighted by Crippen LogP contribution is -2.21. The van der Waals surface area contributed by atoms with E-state index in [-0.39, 0.29) is 12.1 Å². The third-order valence-corrected chi connectivity index (χ3v) is 1.67. The molecule has 0 bridgehead atoms. The maximum Gasteiger partial charge on any atom is 0.302 e. The van der Waals surface area contributed by atoms with Crippen molar-refractivity contribution in [3.05, 3.63) is 12.2 Å². The summed E-state index contributed by atoms with van der Waals surface area (Å²) in [6, 6.07) is 0. The van der Waals surface area contributed by atoms with Gasteiger partial charge in [0.1, 0.15) is 6.10 Å². The second kappa shape index (κ2) is 5.81. The standard InChI is InChI=1S/C10H18O2/c1-5-6-7-10(8(2)3)12-9(4)11/h5-6,8,10H,7H2,1-4H3/b6-5-. The van der Waals surface area contributed by atoms with Crippen molar-refractivity contribution in [1.29, 1.82) is 0 Å². The third kappa shape index (κ3) is 4.94. The summed E-state index contributed by atoms with van der Waals surface area (Å²) in [6.45, 7) is 7.52. The maximum atomic E-state index is 10.7. The Bertz CT molecular complexity index is 159. The smallest absolute Gasteiger partial charge is 0.302 e. The third-order valence-electron chi connectivity index (χ3n) is 1.67. The topological polar surface area (TPSA) is 26.3 Å². The van der Waals surface area contributed by atoms with E-state index in [0.717, 1.165) is 6.42 Å². The molecular weight excluding hydrogens is 152 g/mol. The molecule has 70 valence electrons. The lowest BCUT2D eigenvalue weighted by molar-refractivity contribution is -0.148. The van der Waals surface area contributed by atoms with Crippen LogP contribution in [0, 0.1) is 5.92 Å². The first-order chi connectivity index (χ1) is 5.57. The van der Waals surface area contributed by atoms with E-state index in [0.29, 0.717) is 5.92 Å². The molecule has 0 N–H and O–H groups in total. The predicted octanol–water partition coefficient (Wildman–Crippen LogP) is 2.54. The zero-order valence-electron chi connectivity index (χ0n) is 8.33. The molecule has 0 saturated heterocycles. The number of ether oxygens (including phenoxy) is 1. The van der Waals surface area contributed by atoms with Gasteiger partial charge in [-0.05, 0) is 12.8 Å². The molecule has 12 heavy (non-hydrogen) atoms. The van der Waals surface area contributed by atoms with E-state index in [1.807, 2.05) is 19.1 Å². The molecule has 0 fully saturated rings. The number of hydrogen-bond donors (Lipinski definition) is 0. The van der Waals surface area contributed by atoms with Crippen LogP contribution in [0.15, 0.2) is 12.2 Å². The molecule has 2 nitrogen and oxygen atoms in total. The first-order valence-corrected chi connectivity index (χ1v) is 4.36. The molecule has 0 amide bonds. The van der Waals surface area contributed by atoms with Crippen LogP contribution in [0.1, 0.15) is 34.1 Å². The summed E-state index contributed by atoms with van der Waals surface area (Å²) in [4.78, 5) is 10.7. The fourth-order valence-corrected chi connectivity index (χ4v) is 0.940. The summed E-state index contributed by atoms with van der Waals surface area (Å²) in [5.74, 6) is 0.184. The number of esters is 1. The predicted molar refractivity (Wildman–Crippen MR) is 49.8 cm³/mol. The molecule has 0 saturated carbocycles. The Labute approximate surface area is 74.6 Å². The van der Waals surface area contributed by atoms with Crippen molar-refractivity contribution in [2.75, 3.05) is 0 Å². The molecule has 0 rings (SSSR count). The second-order valence-electron chi connectivity index (χ2n) is 3.20. The van der Waals surface area contributed by atoms with Gasteiger partial charge in [-0.3, -0.25) is 4.79 Å². The van der Waals surface area contributed by atoms with E-state index in [1.165, 1.54) is 6.92 Å². The first kappa shape index (κ1) is 11.2. The number of hydrogen-bond acceptors (Lipinski definition) is 2. The van der Waals surface area contributed by atoms with Gasteiger partial charge in [0.15, 0.2) is 0 Å². The highest BCUT2D eigenvalue weighted by atomic mass is 16.5. The highest BCUT2D eigenvalue weighted by Gasteiger charge is 2.13. The van der Waals surface area contributed by atoms with Crippen molar-refractivity contribution >= 4 is 5.97 Å². The molecule has 0 aromatic rings. The molecule has 0 radical (unpaired) electrons. The van der Waals surface area contributed by atoms with Crippen LogP contribution in [0.5, 0.6) is 0 Å². The molecule has 0 aromatic heterocycles. The number of carbonyl (C=O) groups is 1. The lowest BCUT2D eigenvalue weighted by atomic mass is 10.0. The summed E-state index contributed by atoms with van der Waals surface area (Å²) in [5.41, 5.74) is 0. The lowest BCUT2D eigenvalue weighted by Gasteiger charge is -2.18. The van der Waals surface area contributed by atoms with Crippen LogP contribution in [-0.2, 0) is 9.53 Å². The minimum Gasteiger partial charge on any atom is -0.462 e. The van der Waals surface area contributed by atoms with E-state index in [4.69, 9.17) is 4.74 Å². The van der Waals surface area contributed by atoms with Crippen molar-refractivity contribution in [3.8, 4) is 0 Å². The van der Waals surface area contributed by atoms with E-state index >= 15 is 0 Å². The normalized spacial score (nSPS) is 13.8. The van der Waals surface area contributed by atoms with Crippen molar-refractivity contribution in [1.82, 2.24) is 0 Å². The highest BCUT2D eigenvalue weighted by molar-refractivity contribution is 5.66. The average Bonchev–Trinajstić information content (AvgIpc) is 1.96. The van der Waals surface area contributed by atoms with Gasteiger partial charge in [-0.25, -0.2) is 0 Å². The Kier molecular flexibility index (Phi) is 5.43. The summed E-state index contributed by atoms with van der Waals surface area (Å²) in [7, 11) is 0. The van der Waals surface area contributed by atoms with Gasteiger partial charge in [-0.1, -0.05) is 26.0 Å². The molecule has 0 aliphatic rings. The number of carbonyl (C=O) groups excluding carboxylic acids is 1. The van der Waals surface area contributed by atoms with Gasteiger partial charge in [0, 0.05) is 13.3 Å². The fraction of sp³-hybridized carbons (Fsp3) is 0.700. The van der Waals surface area contributed by atoms with Gasteiger partial charge >= 0.3 is 5.97 Å². The van der Waals surface area contributed by atoms with E-state index in [1.54, 1.807) is 0 Å². The fourth-order valence-electron chi connectivity index (χ4n) is 0.940. The molecule has 1 atom stereocenters. The molecule has 0 spiro atoms. The van der Waals surface area contributed by atoms with Crippen molar-refractivity contribution in [3.63, 3.8) is 0 Å². The molecule has 0 aromatic carbocycles. The van der Waals surface area contributed by atoms with Crippen LogP contribution in [0.3, 0.4) is 0 Å². The number of allylic oxidation sites excluding steroid dienone is 1. The molecular formula is C10H18O2. The monoisotopic (exact) mass is 170 g/mol. The zero-order valence-corrected chi connectivity index (χ0v) is 8.33. The minimum absolute atomic E-state index is 0.0266. The van der Waals surface area contributed by atoms with Gasteiger partial charge in [-0.15, -0.1) is 0 Å². The molecule has 0 aliphatic heterocycles.